The van der Waals surface area contributed by atoms with Crippen LogP contribution in [0.15, 0.2) is 158 Å². The molecule has 0 amide bonds. The van der Waals surface area contributed by atoms with Gasteiger partial charge >= 0.3 is 28.3 Å². The smallest absolute Gasteiger partial charge is 0.488 e. The fourth-order valence-electron chi connectivity index (χ4n) is 7.11. The van der Waals surface area contributed by atoms with Gasteiger partial charge < -0.3 is 49.4 Å². The summed E-state index contributed by atoms with van der Waals surface area (Å²) in [4.78, 5) is 0. The molecule has 0 saturated carbocycles. The molecule has 0 bridgehead atoms. The predicted octanol–water partition coefficient (Wildman–Crippen LogP) is 8.45. The highest BCUT2D eigenvalue weighted by Crippen LogP contribution is 2.27. The van der Waals surface area contributed by atoms with Gasteiger partial charge in [-0.05, 0) is 148 Å². The van der Waals surface area contributed by atoms with Crippen molar-refractivity contribution >= 4 is 84.9 Å². The molecule has 0 saturated heterocycles. The van der Waals surface area contributed by atoms with Gasteiger partial charge in [0.25, 0.3) is 0 Å². The Labute approximate surface area is 454 Å². The number of rotatable bonds is 14. The molecular weight excluding hydrogens is 1050 g/mol. The van der Waals surface area contributed by atoms with Crippen LogP contribution in [0.2, 0.25) is 21.9 Å². The fourth-order valence-corrected chi connectivity index (χ4v) is 7.73. The number of benzene rings is 8. The van der Waals surface area contributed by atoms with Crippen molar-refractivity contribution in [1.82, 2.24) is 0 Å². The van der Waals surface area contributed by atoms with E-state index >= 15 is 0 Å². The Morgan fingerprint density at radius 1 is 0.434 bits per heavy atom. The topological polar surface area (TPSA) is 169 Å². The molecule has 10 nitrogen and oxygen atoms in total. The monoisotopic (exact) mass is 1100 g/mol. The molecule has 8 aromatic carbocycles. The van der Waals surface area contributed by atoms with E-state index in [1.807, 2.05) is 69.3 Å². The Bertz CT molecular complexity index is 3140. The first-order chi connectivity index (χ1) is 36.1. The maximum atomic E-state index is 13.6. The third kappa shape index (κ3) is 18.8. The fraction of sp³-hybridized carbons (Fsp3) is 0.127. The van der Waals surface area contributed by atoms with Crippen LogP contribution in [-0.2, 0) is 19.8 Å². The van der Waals surface area contributed by atoms with Gasteiger partial charge in [-0.3, -0.25) is 0 Å². The van der Waals surface area contributed by atoms with Gasteiger partial charge in [0, 0.05) is 5.02 Å². The second kappa shape index (κ2) is 29.3. The molecule has 21 heteroatoms. The summed E-state index contributed by atoms with van der Waals surface area (Å²) in [5.41, 5.74) is 7.90. The molecule has 0 aliphatic carbocycles. The summed E-state index contributed by atoms with van der Waals surface area (Å²) in [7, 11) is -4.55. The van der Waals surface area contributed by atoms with Crippen LogP contribution in [0.1, 0.15) is 33.4 Å². The van der Waals surface area contributed by atoms with Crippen molar-refractivity contribution < 1.29 is 66.9 Å². The molecular formula is C55H51B4Cl3F4O10. The molecule has 76 heavy (non-hydrogen) atoms. The molecule has 0 fully saturated rings. The number of halogens is 7. The van der Waals surface area contributed by atoms with Crippen molar-refractivity contribution in [3.8, 4) is 28.4 Å². The van der Waals surface area contributed by atoms with Crippen LogP contribution in [-0.4, -0.2) is 63.4 Å². The molecule has 7 N–H and O–H groups in total. The zero-order valence-electron chi connectivity index (χ0n) is 41.4. The van der Waals surface area contributed by atoms with Crippen LogP contribution in [0.3, 0.4) is 0 Å². The largest absolute Gasteiger partial charge is 0.488 e. The average molecular weight is 1100 g/mol. The summed E-state index contributed by atoms with van der Waals surface area (Å²) in [5, 5.41) is 65.1. The first kappa shape index (κ1) is 60.6. The lowest BCUT2D eigenvalue weighted by molar-refractivity contribution is 0.302. The minimum absolute atomic E-state index is 0.168. The Morgan fingerprint density at radius 3 is 1.37 bits per heavy atom. The molecule has 0 aromatic heterocycles. The maximum Gasteiger partial charge on any atom is 0.488 e. The number of hydrogen-bond acceptors (Lipinski definition) is 10. The molecule has 8 aromatic rings. The molecule has 0 unspecified atom stereocenters. The van der Waals surface area contributed by atoms with Crippen LogP contribution < -0.4 is 36.1 Å². The summed E-state index contributed by atoms with van der Waals surface area (Å²) < 4.78 is 69.1. The quantitative estimate of drug-likeness (QED) is 0.0415. The van der Waals surface area contributed by atoms with Crippen LogP contribution in [0.4, 0.5) is 17.6 Å². The van der Waals surface area contributed by atoms with Crippen LogP contribution in [0, 0.1) is 44.0 Å². The van der Waals surface area contributed by atoms with E-state index in [1.165, 1.54) is 60.9 Å². The summed E-state index contributed by atoms with van der Waals surface area (Å²) in [6, 6.07) is 41.6. The van der Waals surface area contributed by atoms with Gasteiger partial charge in [0.15, 0.2) is 11.6 Å². The minimum atomic E-state index is -1.57. The molecule has 0 atom stereocenters. The number of aryl methyl sites for hydroxylation is 3. The lowest BCUT2D eigenvalue weighted by Gasteiger charge is -2.14. The number of hydrogen-bond donors (Lipinski definition) is 7. The van der Waals surface area contributed by atoms with Crippen molar-refractivity contribution in [3.05, 3.63) is 229 Å². The Hall–Kier alpha value is -6.27. The first-order valence-corrected chi connectivity index (χ1v) is 24.4. The molecule has 0 aliphatic rings. The zero-order valence-corrected chi connectivity index (χ0v) is 43.7. The Morgan fingerprint density at radius 2 is 0.908 bits per heavy atom. The first-order valence-electron chi connectivity index (χ1n) is 23.2. The minimum Gasteiger partial charge on any atom is -0.488 e. The van der Waals surface area contributed by atoms with E-state index in [9.17, 15) is 32.6 Å². The third-order valence-corrected chi connectivity index (χ3v) is 11.9. The van der Waals surface area contributed by atoms with E-state index in [-0.39, 0.29) is 22.9 Å². The average Bonchev–Trinajstić information content (AvgIpc) is 3.37. The Kier molecular flexibility index (Phi) is 23.4. The van der Waals surface area contributed by atoms with E-state index in [4.69, 9.17) is 69.1 Å². The molecule has 0 spiro atoms. The lowest BCUT2D eigenvalue weighted by Crippen LogP contribution is -2.30. The van der Waals surface area contributed by atoms with Crippen LogP contribution in [0.5, 0.6) is 17.2 Å². The molecule has 8 rings (SSSR count). The van der Waals surface area contributed by atoms with Gasteiger partial charge in [0.05, 0.1) is 10.0 Å². The van der Waals surface area contributed by atoms with Gasteiger partial charge in [-0.2, -0.15) is 0 Å². The third-order valence-electron chi connectivity index (χ3n) is 11.1. The van der Waals surface area contributed by atoms with E-state index in [0.29, 0.717) is 62.3 Å². The van der Waals surface area contributed by atoms with E-state index in [2.05, 4.69) is 0 Å². The molecule has 392 valence electrons. The highest BCUT2D eigenvalue weighted by molar-refractivity contribution is 6.65. The highest BCUT2D eigenvalue weighted by Gasteiger charge is 2.18. The second-order valence-corrected chi connectivity index (χ2v) is 18.4. The van der Waals surface area contributed by atoms with Gasteiger partial charge in [0.2, 0.25) is 0 Å². The normalized spacial score (nSPS) is 10.4. The van der Waals surface area contributed by atoms with Gasteiger partial charge in [0.1, 0.15) is 48.7 Å². The molecule has 0 heterocycles. The van der Waals surface area contributed by atoms with Crippen molar-refractivity contribution in [3.63, 3.8) is 0 Å². The van der Waals surface area contributed by atoms with Gasteiger partial charge in [-0.1, -0.05) is 138 Å². The van der Waals surface area contributed by atoms with E-state index in [1.54, 1.807) is 48.5 Å². The van der Waals surface area contributed by atoms with E-state index in [0.717, 1.165) is 45.7 Å². The second-order valence-electron chi connectivity index (χ2n) is 17.1. The van der Waals surface area contributed by atoms with E-state index < -0.39 is 45.7 Å². The van der Waals surface area contributed by atoms with Crippen molar-refractivity contribution in [2.75, 3.05) is 0 Å². The summed E-state index contributed by atoms with van der Waals surface area (Å²) in [6.45, 7) is 7.45. The highest BCUT2D eigenvalue weighted by atomic mass is 35.5. The standard InChI is InChI=1S/C15H16BClO3.C14H14BClO3.C13H11BClFO3.C13H10BF3O/c1-10-7-13(16(18)19)8-11(2)15(10)20-9-12-3-5-14(17)6-4-12;1-10-3-2-4-11(7-10)9-19-14-6-5-12(15(17)18)8-13(14)16;15-12-7-10(14(17)18)3-6-13(12)19-8-9-1-4-11(16)5-2-9;1-14(18)10-4-2-8(6-12(10)16)9-3-5-11(15)13(17)7-9/h3-8,18-19H,9H2,1-2H3;2-8,17-18H,9H2,1H3;1-7,17-18H,8H2;2-7,18H,1H3. The zero-order chi connectivity index (χ0) is 55.6. The van der Waals surface area contributed by atoms with Crippen molar-refractivity contribution in [2.24, 2.45) is 0 Å². The lowest BCUT2D eigenvalue weighted by atomic mass is 9.64. The van der Waals surface area contributed by atoms with Crippen LogP contribution in [0.25, 0.3) is 11.1 Å². The van der Waals surface area contributed by atoms with Gasteiger partial charge in [-0.15, -0.1) is 0 Å². The number of ether oxygens (including phenoxy) is 3. The van der Waals surface area contributed by atoms with Crippen molar-refractivity contribution in [1.29, 1.82) is 0 Å². The summed E-state index contributed by atoms with van der Waals surface area (Å²) in [6.07, 6.45) is 0. The predicted molar refractivity (Wildman–Crippen MR) is 296 cm³/mol. The van der Waals surface area contributed by atoms with Crippen LogP contribution >= 0.6 is 34.8 Å². The summed E-state index contributed by atoms with van der Waals surface area (Å²) >= 11 is 17.8. The Balaban J connectivity index is 0.000000187. The summed E-state index contributed by atoms with van der Waals surface area (Å²) in [5.74, 6) is -1.09. The molecule has 0 aliphatic heterocycles. The maximum absolute atomic E-state index is 13.6. The van der Waals surface area contributed by atoms with Crippen molar-refractivity contribution in [2.45, 2.75) is 47.4 Å². The molecule has 0 radical (unpaired) electrons. The van der Waals surface area contributed by atoms with Gasteiger partial charge in [-0.25, -0.2) is 17.6 Å². The SMILES string of the molecule is CB(O)c1ccc(-c2ccc(F)c(F)c2)cc1F.Cc1cc(B(O)O)cc(C)c1OCc1ccc(Cl)cc1.Cc1cccc(COc2ccc(B(O)O)cc2Cl)c1.OB(O)c1ccc(OCc2ccc(F)cc2)c(Cl)c1.